The van der Waals surface area contributed by atoms with Crippen molar-refractivity contribution in [2.75, 3.05) is 7.11 Å². The van der Waals surface area contributed by atoms with E-state index in [0.717, 1.165) is 25.0 Å². The van der Waals surface area contributed by atoms with Crippen LogP contribution < -0.4 is 4.74 Å². The minimum atomic E-state index is -0.732. The van der Waals surface area contributed by atoms with E-state index in [1.54, 1.807) is 7.11 Å². The average Bonchev–Trinajstić information content (AvgIpc) is 2.47. The first kappa shape index (κ1) is 15.6. The Labute approximate surface area is 126 Å². The molecule has 0 bridgehead atoms. The van der Waals surface area contributed by atoms with E-state index in [1.165, 1.54) is 16.7 Å². The molecule has 0 radical (unpaired) electrons. The molecule has 1 aliphatic rings. The maximum atomic E-state index is 11.5. The summed E-state index contributed by atoms with van der Waals surface area (Å²) in [6.45, 7) is 5.72. The van der Waals surface area contributed by atoms with Crippen molar-refractivity contribution in [1.29, 1.82) is 0 Å². The largest absolute Gasteiger partial charge is 0.497 e. The van der Waals surface area contributed by atoms with Gasteiger partial charge >= 0.3 is 5.97 Å². The van der Waals surface area contributed by atoms with E-state index < -0.39 is 11.4 Å². The average molecular weight is 288 g/mol. The van der Waals surface area contributed by atoms with Crippen LogP contribution in [-0.2, 0) is 11.2 Å². The Hall–Kier alpha value is -1.77. The Kier molecular flexibility index (Phi) is 4.40. The summed E-state index contributed by atoms with van der Waals surface area (Å²) < 4.78 is 5.26. The van der Waals surface area contributed by atoms with Crippen molar-refractivity contribution >= 4 is 12.0 Å². The Morgan fingerprint density at radius 2 is 2.10 bits per heavy atom. The van der Waals surface area contributed by atoms with Gasteiger partial charge in [-0.1, -0.05) is 24.6 Å². The molecule has 1 aromatic carbocycles. The van der Waals surface area contributed by atoms with Gasteiger partial charge in [-0.25, -0.2) is 0 Å². The van der Waals surface area contributed by atoms with Gasteiger partial charge in [-0.05, 0) is 62.3 Å². The molecule has 1 aromatic rings. The molecule has 0 aromatic heterocycles. The summed E-state index contributed by atoms with van der Waals surface area (Å²) in [5.74, 6) is 0.226. The number of ether oxygens (including phenoxy) is 1. The van der Waals surface area contributed by atoms with Gasteiger partial charge < -0.3 is 9.84 Å². The van der Waals surface area contributed by atoms with Gasteiger partial charge in [0, 0.05) is 0 Å². The summed E-state index contributed by atoms with van der Waals surface area (Å²) in [4.78, 5) is 11.5. The zero-order valence-electron chi connectivity index (χ0n) is 13.3. The summed E-state index contributed by atoms with van der Waals surface area (Å²) in [6, 6.07) is 6.10. The number of carbonyl (C=O) groups is 1. The second kappa shape index (κ2) is 5.92. The van der Waals surface area contributed by atoms with Gasteiger partial charge in [-0.3, -0.25) is 4.79 Å². The molecule has 3 heteroatoms. The maximum absolute atomic E-state index is 11.5. The fraction of sp³-hybridized carbons (Fsp3) is 0.500. The molecule has 0 saturated carbocycles. The molecule has 3 nitrogen and oxygen atoms in total. The fourth-order valence-corrected chi connectivity index (χ4v) is 3.28. The summed E-state index contributed by atoms with van der Waals surface area (Å²) in [5, 5.41) is 9.49. The van der Waals surface area contributed by atoms with Crippen LogP contribution in [0.15, 0.2) is 23.8 Å². The number of aryl methyl sites for hydroxylation is 1. The second-order valence-electron chi connectivity index (χ2n) is 6.27. The van der Waals surface area contributed by atoms with Crippen molar-refractivity contribution in [2.45, 2.75) is 40.0 Å². The zero-order valence-corrected chi connectivity index (χ0v) is 13.3. The third kappa shape index (κ3) is 2.97. The topological polar surface area (TPSA) is 46.5 Å². The normalized spacial score (nSPS) is 15.9. The molecule has 0 spiro atoms. The molecule has 0 saturated heterocycles. The van der Waals surface area contributed by atoms with E-state index in [9.17, 15) is 9.90 Å². The van der Waals surface area contributed by atoms with E-state index in [0.29, 0.717) is 0 Å². The lowest BCUT2D eigenvalue weighted by atomic mass is 9.70. The van der Waals surface area contributed by atoms with Gasteiger partial charge in [0.25, 0.3) is 0 Å². The van der Waals surface area contributed by atoms with Crippen LogP contribution in [0.25, 0.3) is 6.08 Å². The number of aliphatic carboxylic acids is 1. The first-order valence-electron chi connectivity index (χ1n) is 7.51. The van der Waals surface area contributed by atoms with Crippen LogP contribution in [0.2, 0.25) is 0 Å². The van der Waals surface area contributed by atoms with Crippen LogP contribution in [0.3, 0.4) is 0 Å². The molecule has 0 aliphatic heterocycles. The highest BCUT2D eigenvalue weighted by Crippen LogP contribution is 2.40. The SMILES string of the molecule is CCC(C1=Cc2ccc(OC)cc2CC1)C(C)(C)C(=O)O. The van der Waals surface area contributed by atoms with Gasteiger partial charge in [-0.15, -0.1) is 0 Å². The first-order valence-corrected chi connectivity index (χ1v) is 7.51. The number of benzene rings is 1. The third-order valence-corrected chi connectivity index (χ3v) is 4.65. The highest BCUT2D eigenvalue weighted by atomic mass is 16.5. The van der Waals surface area contributed by atoms with Crippen LogP contribution in [0.1, 0.15) is 44.7 Å². The molecular weight excluding hydrogens is 264 g/mol. The Morgan fingerprint density at radius 3 is 2.67 bits per heavy atom. The van der Waals surface area contributed by atoms with Gasteiger partial charge in [0.1, 0.15) is 5.75 Å². The second-order valence-corrected chi connectivity index (χ2v) is 6.27. The maximum Gasteiger partial charge on any atom is 0.309 e. The lowest BCUT2D eigenvalue weighted by Gasteiger charge is -2.33. The molecule has 114 valence electrons. The number of carboxylic acid groups (broad SMARTS) is 1. The smallest absolute Gasteiger partial charge is 0.309 e. The minimum absolute atomic E-state index is 0.0743. The van der Waals surface area contributed by atoms with E-state index >= 15 is 0 Å². The van der Waals surface area contributed by atoms with E-state index in [4.69, 9.17) is 4.74 Å². The molecule has 2 rings (SSSR count). The molecule has 0 amide bonds. The summed E-state index contributed by atoms with van der Waals surface area (Å²) in [7, 11) is 1.67. The van der Waals surface area contributed by atoms with Crippen LogP contribution in [0, 0.1) is 11.3 Å². The van der Waals surface area contributed by atoms with Crippen molar-refractivity contribution in [1.82, 2.24) is 0 Å². The molecule has 0 heterocycles. The van der Waals surface area contributed by atoms with Crippen molar-refractivity contribution in [2.24, 2.45) is 11.3 Å². The van der Waals surface area contributed by atoms with Crippen molar-refractivity contribution in [3.8, 4) is 5.75 Å². The Morgan fingerprint density at radius 1 is 1.38 bits per heavy atom. The number of allylic oxidation sites excluding steroid dienone is 1. The molecule has 21 heavy (non-hydrogen) atoms. The molecule has 1 N–H and O–H groups in total. The zero-order chi connectivity index (χ0) is 15.6. The summed E-state index contributed by atoms with van der Waals surface area (Å²) in [6.07, 6.45) is 4.90. The van der Waals surface area contributed by atoms with Crippen LogP contribution in [-0.4, -0.2) is 18.2 Å². The van der Waals surface area contributed by atoms with E-state index in [-0.39, 0.29) is 5.92 Å². The summed E-state index contributed by atoms with van der Waals surface area (Å²) in [5.41, 5.74) is 2.99. The fourth-order valence-electron chi connectivity index (χ4n) is 3.28. The van der Waals surface area contributed by atoms with Gasteiger partial charge in [0.15, 0.2) is 0 Å². The molecular formula is C18H24O3. The highest BCUT2D eigenvalue weighted by molar-refractivity contribution is 5.75. The first-order chi connectivity index (χ1) is 9.90. The van der Waals surface area contributed by atoms with E-state index in [1.807, 2.05) is 19.9 Å². The number of rotatable bonds is 5. The van der Waals surface area contributed by atoms with Crippen LogP contribution in [0.5, 0.6) is 5.75 Å². The van der Waals surface area contributed by atoms with E-state index in [2.05, 4.69) is 25.1 Å². The Bertz CT molecular complexity index is 570. The molecule has 1 unspecified atom stereocenters. The molecule has 0 fully saturated rings. The van der Waals surface area contributed by atoms with Gasteiger partial charge in [-0.2, -0.15) is 0 Å². The number of hydrogen-bond donors (Lipinski definition) is 1. The predicted octanol–water partition coefficient (Wildman–Crippen LogP) is 4.16. The number of methoxy groups -OCH3 is 1. The third-order valence-electron chi connectivity index (χ3n) is 4.65. The number of fused-ring (bicyclic) bond motifs is 1. The van der Waals surface area contributed by atoms with Crippen molar-refractivity contribution in [3.05, 3.63) is 34.9 Å². The standard InChI is InChI=1S/C18H24O3/c1-5-16(18(2,3)17(19)20)14-7-6-13-11-15(21-4)9-8-12(13)10-14/h8-11,16H,5-7H2,1-4H3,(H,19,20). The lowest BCUT2D eigenvalue weighted by Crippen LogP contribution is -2.34. The number of hydrogen-bond acceptors (Lipinski definition) is 2. The Balaban J connectivity index is 2.36. The van der Waals surface area contributed by atoms with Gasteiger partial charge in [0.05, 0.1) is 12.5 Å². The highest BCUT2D eigenvalue weighted by Gasteiger charge is 2.38. The quantitative estimate of drug-likeness (QED) is 0.885. The van der Waals surface area contributed by atoms with Crippen molar-refractivity contribution in [3.63, 3.8) is 0 Å². The lowest BCUT2D eigenvalue weighted by molar-refractivity contribution is -0.149. The van der Waals surface area contributed by atoms with Gasteiger partial charge in [0.2, 0.25) is 0 Å². The number of carboxylic acids is 1. The monoisotopic (exact) mass is 288 g/mol. The molecule has 1 aliphatic carbocycles. The predicted molar refractivity (Wildman–Crippen MR) is 84.5 cm³/mol. The van der Waals surface area contributed by atoms with Crippen LogP contribution >= 0.6 is 0 Å². The van der Waals surface area contributed by atoms with Crippen molar-refractivity contribution < 1.29 is 14.6 Å². The van der Waals surface area contributed by atoms with Crippen LogP contribution in [0.4, 0.5) is 0 Å². The summed E-state index contributed by atoms with van der Waals surface area (Å²) >= 11 is 0. The minimum Gasteiger partial charge on any atom is -0.497 e. The molecule has 1 atom stereocenters.